The minimum atomic E-state index is -0.891. The van der Waals surface area contributed by atoms with E-state index in [2.05, 4.69) is 4.98 Å². The van der Waals surface area contributed by atoms with Crippen LogP contribution >= 0.6 is 0 Å². The first-order chi connectivity index (χ1) is 10.1. The normalized spacial score (nSPS) is 28.2. The van der Waals surface area contributed by atoms with Crippen molar-refractivity contribution in [3.8, 4) is 0 Å². The van der Waals surface area contributed by atoms with Crippen molar-refractivity contribution in [1.82, 2.24) is 9.88 Å². The van der Waals surface area contributed by atoms with E-state index in [9.17, 15) is 14.7 Å². The lowest BCUT2D eigenvalue weighted by atomic mass is 9.84. The second kappa shape index (κ2) is 5.47. The number of carboxylic acid groups (broad SMARTS) is 1. The molecule has 0 bridgehead atoms. The molecule has 5 heteroatoms. The topological polar surface area (TPSA) is 70.5 Å². The summed E-state index contributed by atoms with van der Waals surface area (Å²) in [5.74, 6) is -0.746. The quantitative estimate of drug-likeness (QED) is 0.906. The first-order valence-electron chi connectivity index (χ1n) is 7.56. The van der Waals surface area contributed by atoms with Gasteiger partial charge in [-0.25, -0.2) is 4.79 Å². The van der Waals surface area contributed by atoms with Crippen LogP contribution in [0.1, 0.15) is 48.2 Å². The summed E-state index contributed by atoms with van der Waals surface area (Å²) in [6.07, 6.45) is 6.30. The fourth-order valence-corrected chi connectivity index (χ4v) is 3.72. The standard InChI is InChI=1S/C16H20N2O3/c1-10-6-7-12(9-17-10)15(19)18-13-5-3-2-4-11(13)8-14(18)16(20)21/h6-7,9,11,13-14H,2-5,8H2,1H3,(H,20,21)/t11-,13+,14-/m0/s1. The number of nitrogens with zero attached hydrogens (tertiary/aromatic N) is 2. The van der Waals surface area contributed by atoms with Gasteiger partial charge < -0.3 is 10.0 Å². The SMILES string of the molecule is Cc1ccc(C(=O)N2[C@@H]3CCCC[C@H]3C[C@H]2C(=O)O)cn1. The minimum Gasteiger partial charge on any atom is -0.480 e. The third kappa shape index (κ3) is 2.52. The van der Waals surface area contributed by atoms with Crippen molar-refractivity contribution in [3.05, 3.63) is 29.6 Å². The Kier molecular flexibility index (Phi) is 3.66. The lowest BCUT2D eigenvalue weighted by Gasteiger charge is -2.33. The van der Waals surface area contributed by atoms with Crippen LogP contribution in [0.25, 0.3) is 0 Å². The van der Waals surface area contributed by atoms with E-state index < -0.39 is 12.0 Å². The maximum atomic E-state index is 12.8. The number of fused-ring (bicyclic) bond motifs is 1. The molecule has 0 spiro atoms. The Bertz CT molecular complexity index is 555. The van der Waals surface area contributed by atoms with Crippen molar-refractivity contribution in [2.24, 2.45) is 5.92 Å². The molecule has 2 fully saturated rings. The van der Waals surface area contributed by atoms with Crippen LogP contribution in [0, 0.1) is 12.8 Å². The molecular formula is C16H20N2O3. The molecule has 0 unspecified atom stereocenters. The molecule has 2 heterocycles. The van der Waals surface area contributed by atoms with Crippen LogP contribution in [0.4, 0.5) is 0 Å². The summed E-state index contributed by atoms with van der Waals surface area (Å²) < 4.78 is 0. The Balaban J connectivity index is 1.90. The number of aliphatic carboxylic acids is 1. The van der Waals surface area contributed by atoms with Crippen LogP contribution < -0.4 is 0 Å². The van der Waals surface area contributed by atoms with Gasteiger partial charge in [0, 0.05) is 17.9 Å². The molecule has 112 valence electrons. The van der Waals surface area contributed by atoms with Gasteiger partial charge in [-0.1, -0.05) is 12.8 Å². The van der Waals surface area contributed by atoms with Crippen LogP contribution in [-0.4, -0.2) is 39.0 Å². The molecule has 1 aromatic heterocycles. The van der Waals surface area contributed by atoms with Gasteiger partial charge in [-0.05, 0) is 44.2 Å². The first-order valence-corrected chi connectivity index (χ1v) is 7.56. The Hall–Kier alpha value is -1.91. The summed E-state index contributed by atoms with van der Waals surface area (Å²) in [5, 5.41) is 9.46. The predicted molar refractivity (Wildman–Crippen MR) is 76.9 cm³/mol. The maximum absolute atomic E-state index is 12.8. The lowest BCUT2D eigenvalue weighted by Crippen LogP contribution is -2.46. The zero-order valence-electron chi connectivity index (χ0n) is 12.2. The number of amides is 1. The number of aryl methyl sites for hydroxylation is 1. The molecule has 1 saturated carbocycles. The molecule has 1 saturated heterocycles. The van der Waals surface area contributed by atoms with Crippen LogP contribution in [-0.2, 0) is 4.79 Å². The summed E-state index contributed by atoms with van der Waals surface area (Å²) in [7, 11) is 0. The third-order valence-electron chi connectivity index (χ3n) is 4.77. The van der Waals surface area contributed by atoms with Crippen molar-refractivity contribution < 1.29 is 14.7 Å². The number of carbonyl (C=O) groups excluding carboxylic acids is 1. The largest absolute Gasteiger partial charge is 0.480 e. The van der Waals surface area contributed by atoms with Crippen LogP contribution in [0.2, 0.25) is 0 Å². The molecule has 21 heavy (non-hydrogen) atoms. The van der Waals surface area contributed by atoms with Crippen molar-refractivity contribution in [2.45, 2.75) is 51.1 Å². The van der Waals surface area contributed by atoms with Crippen molar-refractivity contribution >= 4 is 11.9 Å². The number of carboxylic acids is 1. The van der Waals surface area contributed by atoms with Gasteiger partial charge in [0.05, 0.1) is 5.56 Å². The van der Waals surface area contributed by atoms with E-state index in [1.54, 1.807) is 23.2 Å². The molecule has 1 N–H and O–H groups in total. The highest BCUT2D eigenvalue weighted by atomic mass is 16.4. The summed E-state index contributed by atoms with van der Waals surface area (Å²) in [6, 6.07) is 2.91. The number of hydrogen-bond donors (Lipinski definition) is 1. The molecule has 2 aliphatic rings. The molecule has 1 aromatic rings. The van der Waals surface area contributed by atoms with Gasteiger partial charge in [-0.2, -0.15) is 0 Å². The highest BCUT2D eigenvalue weighted by Crippen LogP contribution is 2.40. The van der Waals surface area contributed by atoms with Gasteiger partial charge in [0.25, 0.3) is 5.91 Å². The number of aromatic nitrogens is 1. The Labute approximate surface area is 124 Å². The summed E-state index contributed by atoms with van der Waals surface area (Å²) in [5.41, 5.74) is 1.33. The van der Waals surface area contributed by atoms with Gasteiger partial charge >= 0.3 is 5.97 Å². The smallest absolute Gasteiger partial charge is 0.326 e. The molecule has 0 radical (unpaired) electrons. The van der Waals surface area contributed by atoms with Gasteiger partial charge in [0.1, 0.15) is 6.04 Å². The number of likely N-dealkylation sites (tertiary alicyclic amines) is 1. The second-order valence-electron chi connectivity index (χ2n) is 6.10. The molecule has 1 aliphatic carbocycles. The van der Waals surface area contributed by atoms with Crippen molar-refractivity contribution in [2.75, 3.05) is 0 Å². The highest BCUT2D eigenvalue weighted by molar-refractivity contribution is 5.97. The van der Waals surface area contributed by atoms with E-state index in [1.807, 2.05) is 6.92 Å². The van der Waals surface area contributed by atoms with Crippen LogP contribution in [0.5, 0.6) is 0 Å². The Morgan fingerprint density at radius 2 is 2.05 bits per heavy atom. The second-order valence-corrected chi connectivity index (χ2v) is 6.10. The summed E-state index contributed by atoms with van der Waals surface area (Å²) in [6.45, 7) is 1.86. The Morgan fingerprint density at radius 1 is 1.29 bits per heavy atom. The van der Waals surface area contributed by atoms with E-state index in [0.29, 0.717) is 17.9 Å². The van der Waals surface area contributed by atoms with Gasteiger partial charge in [0.15, 0.2) is 0 Å². The third-order valence-corrected chi connectivity index (χ3v) is 4.77. The summed E-state index contributed by atoms with van der Waals surface area (Å²) >= 11 is 0. The van der Waals surface area contributed by atoms with Gasteiger partial charge in [-0.15, -0.1) is 0 Å². The minimum absolute atomic E-state index is 0.0775. The molecule has 3 rings (SSSR count). The van der Waals surface area contributed by atoms with E-state index in [0.717, 1.165) is 31.4 Å². The number of carbonyl (C=O) groups is 2. The summed E-state index contributed by atoms with van der Waals surface area (Å²) in [4.78, 5) is 30.0. The fourth-order valence-electron chi connectivity index (χ4n) is 3.72. The Morgan fingerprint density at radius 3 is 2.71 bits per heavy atom. The van der Waals surface area contributed by atoms with Crippen LogP contribution in [0.3, 0.4) is 0 Å². The highest BCUT2D eigenvalue weighted by Gasteiger charge is 2.47. The number of hydrogen-bond acceptors (Lipinski definition) is 3. The lowest BCUT2D eigenvalue weighted by molar-refractivity contribution is -0.141. The zero-order chi connectivity index (χ0) is 15.0. The average Bonchev–Trinajstić information content (AvgIpc) is 2.87. The van der Waals surface area contributed by atoms with Crippen LogP contribution in [0.15, 0.2) is 18.3 Å². The molecular weight excluding hydrogens is 268 g/mol. The van der Waals surface area contributed by atoms with E-state index >= 15 is 0 Å². The van der Waals surface area contributed by atoms with Crippen molar-refractivity contribution in [3.63, 3.8) is 0 Å². The zero-order valence-corrected chi connectivity index (χ0v) is 12.2. The predicted octanol–water partition coefficient (Wildman–Crippen LogP) is 2.25. The van der Waals surface area contributed by atoms with E-state index in [1.165, 1.54) is 0 Å². The van der Waals surface area contributed by atoms with Gasteiger partial charge in [0.2, 0.25) is 0 Å². The molecule has 5 nitrogen and oxygen atoms in total. The van der Waals surface area contributed by atoms with E-state index in [-0.39, 0.29) is 11.9 Å². The molecule has 3 atom stereocenters. The monoisotopic (exact) mass is 288 g/mol. The maximum Gasteiger partial charge on any atom is 0.326 e. The molecule has 0 aromatic carbocycles. The molecule has 1 amide bonds. The van der Waals surface area contributed by atoms with E-state index in [4.69, 9.17) is 0 Å². The van der Waals surface area contributed by atoms with Crippen molar-refractivity contribution in [1.29, 1.82) is 0 Å². The fraction of sp³-hybridized carbons (Fsp3) is 0.562. The number of rotatable bonds is 2. The van der Waals surface area contributed by atoms with Gasteiger partial charge in [-0.3, -0.25) is 9.78 Å². The molecule has 1 aliphatic heterocycles. The average molecular weight is 288 g/mol. The first kappa shape index (κ1) is 14.0. The number of pyridine rings is 1.